The number of nitrogens with zero attached hydrogens (tertiary/aromatic N) is 2. The number of carbonyl (C=O) groups excluding carboxylic acids is 1. The van der Waals surface area contributed by atoms with Crippen molar-refractivity contribution in [3.63, 3.8) is 0 Å². The van der Waals surface area contributed by atoms with E-state index in [1.807, 2.05) is 36.4 Å². The molecule has 0 spiro atoms. The maximum Gasteiger partial charge on any atom is 0.253 e. The molecule has 32 heavy (non-hydrogen) atoms. The zero-order chi connectivity index (χ0) is 22.5. The van der Waals surface area contributed by atoms with E-state index >= 15 is 0 Å². The summed E-state index contributed by atoms with van der Waals surface area (Å²) in [5.41, 5.74) is 1.34. The third-order valence-electron chi connectivity index (χ3n) is 4.90. The summed E-state index contributed by atoms with van der Waals surface area (Å²) in [6.07, 6.45) is 3.24. The summed E-state index contributed by atoms with van der Waals surface area (Å²) in [6, 6.07) is 16.5. The number of hydrogen-bond donors (Lipinski definition) is 2. The van der Waals surface area contributed by atoms with Crippen LogP contribution in [0.15, 0.2) is 67.0 Å². The van der Waals surface area contributed by atoms with Crippen molar-refractivity contribution in [2.75, 3.05) is 19.5 Å². The highest BCUT2D eigenvalue weighted by molar-refractivity contribution is 6.31. The predicted octanol–water partition coefficient (Wildman–Crippen LogP) is 4.97. The van der Waals surface area contributed by atoms with Gasteiger partial charge in [-0.05, 0) is 53.4 Å². The Morgan fingerprint density at radius 1 is 0.969 bits per heavy atom. The van der Waals surface area contributed by atoms with Gasteiger partial charge >= 0.3 is 0 Å². The van der Waals surface area contributed by atoms with Crippen LogP contribution in [0, 0.1) is 0 Å². The third-order valence-corrected chi connectivity index (χ3v) is 5.14. The molecular weight excluding hydrogens is 428 g/mol. The first-order valence-electron chi connectivity index (χ1n) is 9.84. The van der Waals surface area contributed by atoms with E-state index in [4.69, 9.17) is 21.1 Å². The van der Waals surface area contributed by atoms with Crippen molar-refractivity contribution in [1.82, 2.24) is 15.3 Å². The molecule has 4 rings (SSSR count). The standard InChI is InChI=1S/C24H21ClN4O3/c1-31-20-7-3-15(11-21(20)32-2)13-28-24(30)17-5-8-22(27-14-17)29-23-19-12-18(25)6-4-16(19)9-10-26-23/h3-12,14H,13H2,1-2H3,(H,28,30)(H,26,27,29). The number of amides is 1. The predicted molar refractivity (Wildman–Crippen MR) is 125 cm³/mol. The average molecular weight is 449 g/mol. The molecule has 2 N–H and O–H groups in total. The quantitative estimate of drug-likeness (QED) is 0.415. The molecule has 0 saturated heterocycles. The summed E-state index contributed by atoms with van der Waals surface area (Å²) in [5.74, 6) is 2.23. The number of rotatable bonds is 7. The lowest BCUT2D eigenvalue weighted by atomic mass is 10.1. The number of hydrogen-bond acceptors (Lipinski definition) is 6. The number of nitrogens with one attached hydrogen (secondary N) is 2. The third kappa shape index (κ3) is 4.73. The van der Waals surface area contributed by atoms with Gasteiger partial charge in [-0.2, -0.15) is 0 Å². The fourth-order valence-corrected chi connectivity index (χ4v) is 3.41. The van der Waals surface area contributed by atoms with Gasteiger partial charge in [0.25, 0.3) is 5.91 Å². The highest BCUT2D eigenvalue weighted by Crippen LogP contribution is 2.28. The van der Waals surface area contributed by atoms with E-state index in [1.54, 1.807) is 38.6 Å². The molecule has 0 aliphatic rings. The summed E-state index contributed by atoms with van der Waals surface area (Å²) < 4.78 is 10.5. The Labute approximate surface area is 190 Å². The number of benzene rings is 2. The molecule has 4 aromatic rings. The normalized spacial score (nSPS) is 10.6. The second-order valence-corrected chi connectivity index (χ2v) is 7.39. The lowest BCUT2D eigenvalue weighted by molar-refractivity contribution is 0.0950. The van der Waals surface area contributed by atoms with Crippen LogP contribution >= 0.6 is 11.6 Å². The van der Waals surface area contributed by atoms with Gasteiger partial charge in [-0.1, -0.05) is 23.7 Å². The number of halogens is 1. The van der Waals surface area contributed by atoms with Gasteiger partial charge in [0.2, 0.25) is 0 Å². The van der Waals surface area contributed by atoms with Gasteiger partial charge in [0.05, 0.1) is 19.8 Å². The number of methoxy groups -OCH3 is 2. The summed E-state index contributed by atoms with van der Waals surface area (Å²) in [6.45, 7) is 0.347. The van der Waals surface area contributed by atoms with Crippen molar-refractivity contribution in [2.24, 2.45) is 0 Å². The molecule has 2 aromatic heterocycles. The van der Waals surface area contributed by atoms with E-state index in [9.17, 15) is 4.79 Å². The lowest BCUT2D eigenvalue weighted by Gasteiger charge is -2.11. The first kappa shape index (κ1) is 21.4. The number of fused-ring (bicyclic) bond motifs is 1. The Bertz CT molecular complexity index is 1260. The van der Waals surface area contributed by atoms with Crippen LogP contribution in [-0.2, 0) is 6.54 Å². The molecule has 0 unspecified atom stereocenters. The van der Waals surface area contributed by atoms with Crippen LogP contribution in [0.5, 0.6) is 11.5 Å². The first-order chi connectivity index (χ1) is 15.6. The summed E-state index contributed by atoms with van der Waals surface area (Å²) in [7, 11) is 3.15. The molecule has 162 valence electrons. The zero-order valence-corrected chi connectivity index (χ0v) is 18.3. The smallest absolute Gasteiger partial charge is 0.253 e. The fourth-order valence-electron chi connectivity index (χ4n) is 3.24. The van der Waals surface area contributed by atoms with Gasteiger partial charge in [-0.3, -0.25) is 4.79 Å². The maximum absolute atomic E-state index is 12.5. The van der Waals surface area contributed by atoms with Crippen LogP contribution in [0.25, 0.3) is 10.8 Å². The SMILES string of the molecule is COc1ccc(CNC(=O)c2ccc(Nc3nccc4ccc(Cl)cc34)nc2)cc1OC. The molecule has 0 bridgehead atoms. The van der Waals surface area contributed by atoms with E-state index in [1.165, 1.54) is 6.20 Å². The molecule has 0 radical (unpaired) electrons. The summed E-state index contributed by atoms with van der Waals surface area (Å²) >= 11 is 6.13. The van der Waals surface area contributed by atoms with Crippen molar-refractivity contribution in [2.45, 2.75) is 6.54 Å². The molecule has 0 aliphatic heterocycles. The molecule has 0 saturated carbocycles. The molecule has 7 nitrogen and oxygen atoms in total. The Morgan fingerprint density at radius 2 is 1.81 bits per heavy atom. The first-order valence-corrected chi connectivity index (χ1v) is 10.2. The largest absolute Gasteiger partial charge is 0.493 e. The highest BCUT2D eigenvalue weighted by Gasteiger charge is 2.10. The Morgan fingerprint density at radius 3 is 2.56 bits per heavy atom. The number of anilines is 2. The Hall–Kier alpha value is -3.84. The molecule has 2 aromatic carbocycles. The Kier molecular flexibility index (Phi) is 6.37. The second kappa shape index (κ2) is 9.53. The summed E-state index contributed by atoms with van der Waals surface area (Å²) in [4.78, 5) is 21.3. The number of ether oxygens (including phenoxy) is 2. The fraction of sp³-hybridized carbons (Fsp3) is 0.125. The minimum absolute atomic E-state index is 0.228. The minimum atomic E-state index is -0.228. The van der Waals surface area contributed by atoms with Gasteiger partial charge < -0.3 is 20.1 Å². The topological polar surface area (TPSA) is 85.4 Å². The molecule has 8 heteroatoms. The van der Waals surface area contributed by atoms with Crippen molar-refractivity contribution in [3.8, 4) is 11.5 Å². The van der Waals surface area contributed by atoms with Gasteiger partial charge in [0.1, 0.15) is 11.6 Å². The van der Waals surface area contributed by atoms with Crippen molar-refractivity contribution in [3.05, 3.63) is 83.1 Å². The number of pyridine rings is 2. The maximum atomic E-state index is 12.5. The molecular formula is C24H21ClN4O3. The number of aromatic nitrogens is 2. The van der Waals surface area contributed by atoms with Crippen LogP contribution in [0.4, 0.5) is 11.6 Å². The molecule has 1 amide bonds. The zero-order valence-electron chi connectivity index (χ0n) is 17.6. The van der Waals surface area contributed by atoms with E-state index < -0.39 is 0 Å². The lowest BCUT2D eigenvalue weighted by Crippen LogP contribution is -2.23. The second-order valence-electron chi connectivity index (χ2n) is 6.95. The van der Waals surface area contributed by atoms with Gasteiger partial charge in [0.15, 0.2) is 11.5 Å². The molecule has 0 atom stereocenters. The van der Waals surface area contributed by atoms with E-state index in [0.717, 1.165) is 16.3 Å². The van der Waals surface area contributed by atoms with Crippen LogP contribution in [0.3, 0.4) is 0 Å². The number of carbonyl (C=O) groups is 1. The van der Waals surface area contributed by atoms with Gasteiger partial charge in [-0.25, -0.2) is 9.97 Å². The van der Waals surface area contributed by atoms with E-state index in [2.05, 4.69) is 20.6 Å². The van der Waals surface area contributed by atoms with Crippen molar-refractivity contribution < 1.29 is 14.3 Å². The van der Waals surface area contributed by atoms with E-state index in [0.29, 0.717) is 40.3 Å². The van der Waals surface area contributed by atoms with E-state index in [-0.39, 0.29) is 5.91 Å². The van der Waals surface area contributed by atoms with Crippen LogP contribution in [0.2, 0.25) is 5.02 Å². The minimum Gasteiger partial charge on any atom is -0.493 e. The molecule has 0 aliphatic carbocycles. The summed E-state index contributed by atoms with van der Waals surface area (Å²) in [5, 5.41) is 8.59. The monoisotopic (exact) mass is 448 g/mol. The van der Waals surface area contributed by atoms with Crippen LogP contribution in [-0.4, -0.2) is 30.1 Å². The molecule has 0 fully saturated rings. The van der Waals surface area contributed by atoms with Gasteiger partial charge in [0, 0.05) is 29.3 Å². The highest BCUT2D eigenvalue weighted by atomic mass is 35.5. The Balaban J connectivity index is 1.43. The molecule has 2 heterocycles. The average Bonchev–Trinajstić information content (AvgIpc) is 2.83. The van der Waals surface area contributed by atoms with Gasteiger partial charge in [-0.15, -0.1) is 0 Å². The van der Waals surface area contributed by atoms with Crippen LogP contribution in [0.1, 0.15) is 15.9 Å². The van der Waals surface area contributed by atoms with Crippen LogP contribution < -0.4 is 20.1 Å². The van der Waals surface area contributed by atoms with Crippen molar-refractivity contribution >= 4 is 39.9 Å². The van der Waals surface area contributed by atoms with Crippen molar-refractivity contribution in [1.29, 1.82) is 0 Å².